The van der Waals surface area contributed by atoms with Gasteiger partial charge in [0.25, 0.3) is 0 Å². The molecule has 1 aliphatic rings. The monoisotopic (exact) mass is 275 g/mol. The molecule has 0 saturated carbocycles. The molecular weight excluding hydrogens is 246 g/mol. The van der Waals surface area contributed by atoms with Crippen LogP contribution in [0.4, 0.5) is 0 Å². The van der Waals surface area contributed by atoms with Crippen molar-refractivity contribution in [2.24, 2.45) is 0 Å². The van der Waals surface area contributed by atoms with E-state index in [4.69, 9.17) is 4.74 Å². The SMILES string of the molecule is CCCNCC(CCC1CCCO1)c1ccc(C)cc1. The summed E-state index contributed by atoms with van der Waals surface area (Å²) in [5, 5.41) is 3.58. The van der Waals surface area contributed by atoms with Gasteiger partial charge in [0.05, 0.1) is 6.10 Å². The van der Waals surface area contributed by atoms with Crippen molar-refractivity contribution < 1.29 is 4.74 Å². The Kier molecular flexibility index (Phi) is 6.55. The van der Waals surface area contributed by atoms with Crippen molar-refractivity contribution in [3.63, 3.8) is 0 Å². The van der Waals surface area contributed by atoms with Crippen molar-refractivity contribution in [2.75, 3.05) is 19.7 Å². The molecule has 2 unspecified atom stereocenters. The molecule has 1 N–H and O–H groups in total. The number of ether oxygens (including phenoxy) is 1. The highest BCUT2D eigenvalue weighted by molar-refractivity contribution is 5.24. The number of rotatable bonds is 8. The molecule has 1 heterocycles. The molecule has 1 saturated heterocycles. The lowest BCUT2D eigenvalue weighted by molar-refractivity contribution is 0.101. The van der Waals surface area contributed by atoms with Gasteiger partial charge in [0, 0.05) is 13.2 Å². The molecule has 2 atom stereocenters. The minimum atomic E-state index is 0.508. The van der Waals surface area contributed by atoms with Crippen LogP contribution >= 0.6 is 0 Å². The van der Waals surface area contributed by atoms with Gasteiger partial charge in [0.15, 0.2) is 0 Å². The van der Waals surface area contributed by atoms with Gasteiger partial charge in [-0.2, -0.15) is 0 Å². The van der Waals surface area contributed by atoms with Crippen molar-refractivity contribution in [2.45, 2.75) is 58.0 Å². The summed E-state index contributed by atoms with van der Waals surface area (Å²) in [7, 11) is 0. The Morgan fingerprint density at radius 3 is 2.75 bits per heavy atom. The molecule has 0 bridgehead atoms. The highest BCUT2D eigenvalue weighted by Crippen LogP contribution is 2.25. The Hall–Kier alpha value is -0.860. The molecule has 0 aromatic heterocycles. The quantitative estimate of drug-likeness (QED) is 0.723. The molecule has 0 spiro atoms. The van der Waals surface area contributed by atoms with Crippen LogP contribution in [0.1, 0.15) is 56.1 Å². The first kappa shape index (κ1) is 15.5. The molecule has 2 rings (SSSR count). The van der Waals surface area contributed by atoms with Gasteiger partial charge in [-0.3, -0.25) is 0 Å². The van der Waals surface area contributed by atoms with Gasteiger partial charge in [0.2, 0.25) is 0 Å². The van der Waals surface area contributed by atoms with Crippen molar-refractivity contribution in [3.05, 3.63) is 35.4 Å². The van der Waals surface area contributed by atoms with Crippen LogP contribution in [0, 0.1) is 6.92 Å². The van der Waals surface area contributed by atoms with Crippen molar-refractivity contribution in [1.29, 1.82) is 0 Å². The van der Waals surface area contributed by atoms with E-state index in [0.717, 1.165) is 19.7 Å². The van der Waals surface area contributed by atoms with Crippen molar-refractivity contribution >= 4 is 0 Å². The van der Waals surface area contributed by atoms with Crippen LogP contribution < -0.4 is 5.32 Å². The van der Waals surface area contributed by atoms with Gasteiger partial charge in [-0.25, -0.2) is 0 Å². The van der Waals surface area contributed by atoms with Gasteiger partial charge in [-0.05, 0) is 57.1 Å². The predicted molar refractivity (Wildman–Crippen MR) is 85.3 cm³/mol. The molecule has 1 aromatic rings. The number of hydrogen-bond acceptors (Lipinski definition) is 2. The third-order valence-electron chi connectivity index (χ3n) is 4.23. The van der Waals surface area contributed by atoms with E-state index in [-0.39, 0.29) is 0 Å². The van der Waals surface area contributed by atoms with Crippen LogP contribution in [0.25, 0.3) is 0 Å². The summed E-state index contributed by atoms with van der Waals surface area (Å²) in [5.41, 5.74) is 2.81. The smallest absolute Gasteiger partial charge is 0.0576 e. The average Bonchev–Trinajstić information content (AvgIpc) is 2.97. The average molecular weight is 275 g/mol. The first-order valence-electron chi connectivity index (χ1n) is 8.18. The maximum absolute atomic E-state index is 5.76. The topological polar surface area (TPSA) is 21.3 Å². The van der Waals surface area contributed by atoms with E-state index in [0.29, 0.717) is 12.0 Å². The van der Waals surface area contributed by atoms with Crippen LogP contribution in [0.2, 0.25) is 0 Å². The Morgan fingerprint density at radius 1 is 1.30 bits per heavy atom. The van der Waals surface area contributed by atoms with Crippen LogP contribution in [0.15, 0.2) is 24.3 Å². The van der Waals surface area contributed by atoms with Crippen molar-refractivity contribution in [3.8, 4) is 0 Å². The standard InChI is InChI=1S/C18H29NO/c1-3-12-19-14-17(10-11-18-5-4-13-20-18)16-8-6-15(2)7-9-16/h6-9,17-19H,3-5,10-14H2,1-2H3. The molecule has 0 radical (unpaired) electrons. The van der Waals surface area contributed by atoms with Gasteiger partial charge in [-0.15, -0.1) is 0 Å². The summed E-state index contributed by atoms with van der Waals surface area (Å²) in [5.74, 6) is 0.617. The second-order valence-corrected chi connectivity index (χ2v) is 6.02. The van der Waals surface area contributed by atoms with E-state index in [1.165, 1.54) is 43.2 Å². The summed E-state index contributed by atoms with van der Waals surface area (Å²) in [6.45, 7) is 7.54. The Morgan fingerprint density at radius 2 is 2.10 bits per heavy atom. The van der Waals surface area contributed by atoms with E-state index in [2.05, 4.69) is 43.4 Å². The maximum atomic E-state index is 5.76. The molecular formula is C18H29NO. The minimum Gasteiger partial charge on any atom is -0.378 e. The Bertz CT molecular complexity index is 368. The summed E-state index contributed by atoms with van der Waals surface area (Å²) in [6, 6.07) is 9.05. The van der Waals surface area contributed by atoms with Gasteiger partial charge >= 0.3 is 0 Å². The predicted octanol–water partition coefficient (Wildman–Crippen LogP) is 4.04. The van der Waals surface area contributed by atoms with Crippen LogP contribution in [0.3, 0.4) is 0 Å². The lowest BCUT2D eigenvalue weighted by Gasteiger charge is -2.20. The fourth-order valence-electron chi connectivity index (χ4n) is 2.94. The normalized spacial score (nSPS) is 20.2. The Labute approximate surface area is 123 Å². The van der Waals surface area contributed by atoms with Crippen LogP contribution in [0.5, 0.6) is 0 Å². The molecule has 2 heteroatoms. The second-order valence-electron chi connectivity index (χ2n) is 6.02. The lowest BCUT2D eigenvalue weighted by atomic mass is 9.91. The Balaban J connectivity index is 1.90. The largest absolute Gasteiger partial charge is 0.378 e. The van der Waals surface area contributed by atoms with Crippen molar-refractivity contribution in [1.82, 2.24) is 5.32 Å². The zero-order valence-corrected chi connectivity index (χ0v) is 13.0. The molecule has 112 valence electrons. The van der Waals surface area contributed by atoms with Crippen LogP contribution in [-0.2, 0) is 4.74 Å². The molecule has 1 aliphatic heterocycles. The van der Waals surface area contributed by atoms with E-state index in [1.807, 2.05) is 0 Å². The molecule has 1 fully saturated rings. The summed E-state index contributed by atoms with van der Waals surface area (Å²) >= 11 is 0. The highest BCUT2D eigenvalue weighted by Gasteiger charge is 2.18. The summed E-state index contributed by atoms with van der Waals surface area (Å²) in [4.78, 5) is 0. The first-order chi connectivity index (χ1) is 9.79. The summed E-state index contributed by atoms with van der Waals surface area (Å²) < 4.78 is 5.76. The molecule has 20 heavy (non-hydrogen) atoms. The highest BCUT2D eigenvalue weighted by atomic mass is 16.5. The minimum absolute atomic E-state index is 0.508. The maximum Gasteiger partial charge on any atom is 0.0576 e. The zero-order chi connectivity index (χ0) is 14.2. The van der Waals surface area contributed by atoms with E-state index >= 15 is 0 Å². The zero-order valence-electron chi connectivity index (χ0n) is 13.0. The fourth-order valence-corrected chi connectivity index (χ4v) is 2.94. The van der Waals surface area contributed by atoms with Gasteiger partial charge in [0.1, 0.15) is 0 Å². The van der Waals surface area contributed by atoms with E-state index in [1.54, 1.807) is 0 Å². The second kappa shape index (κ2) is 8.43. The molecule has 2 nitrogen and oxygen atoms in total. The third kappa shape index (κ3) is 4.92. The lowest BCUT2D eigenvalue weighted by Crippen LogP contribution is -2.23. The van der Waals surface area contributed by atoms with E-state index in [9.17, 15) is 0 Å². The van der Waals surface area contributed by atoms with Crippen LogP contribution in [-0.4, -0.2) is 25.8 Å². The number of aryl methyl sites for hydroxylation is 1. The van der Waals surface area contributed by atoms with Gasteiger partial charge < -0.3 is 10.1 Å². The molecule has 0 aliphatic carbocycles. The number of hydrogen-bond donors (Lipinski definition) is 1. The number of nitrogens with one attached hydrogen (secondary N) is 1. The molecule has 1 aromatic carbocycles. The molecule has 0 amide bonds. The van der Waals surface area contributed by atoms with Gasteiger partial charge in [-0.1, -0.05) is 36.8 Å². The fraction of sp³-hybridized carbons (Fsp3) is 0.667. The number of benzene rings is 1. The third-order valence-corrected chi connectivity index (χ3v) is 4.23. The first-order valence-corrected chi connectivity index (χ1v) is 8.18. The van der Waals surface area contributed by atoms with E-state index < -0.39 is 0 Å². The summed E-state index contributed by atoms with van der Waals surface area (Å²) in [6.07, 6.45) is 6.63.